The van der Waals surface area contributed by atoms with Crippen LogP contribution in [0, 0.1) is 11.8 Å². The minimum absolute atomic E-state index is 0.0131. The van der Waals surface area contributed by atoms with Crippen molar-refractivity contribution in [3.63, 3.8) is 0 Å². The number of nitrogen functional groups attached to an aromatic ring is 1. The molecule has 3 rings (SSSR count). The Bertz CT molecular complexity index is 664. The maximum Gasteiger partial charge on any atom is 0.280 e. The minimum atomic E-state index is -0.375. The van der Waals surface area contributed by atoms with Crippen LogP contribution in [-0.4, -0.2) is 42.9 Å². The molecule has 1 unspecified atom stereocenters. The van der Waals surface area contributed by atoms with Gasteiger partial charge in [0.1, 0.15) is 0 Å². The number of aromatic nitrogens is 4. The van der Waals surface area contributed by atoms with E-state index in [1.165, 1.54) is 6.33 Å². The van der Waals surface area contributed by atoms with Gasteiger partial charge < -0.3 is 20.5 Å². The van der Waals surface area contributed by atoms with Crippen molar-refractivity contribution < 1.29 is 10.2 Å². The third kappa shape index (κ3) is 1.71. The van der Waals surface area contributed by atoms with Crippen molar-refractivity contribution in [3.8, 4) is 0 Å². The fraction of sp³-hybridized carbons (Fsp3) is 0.545. The number of hydrogen-bond donors (Lipinski definition) is 4. The van der Waals surface area contributed by atoms with Crippen molar-refractivity contribution >= 4 is 17.1 Å². The second kappa shape index (κ2) is 4.32. The molecule has 8 nitrogen and oxygen atoms in total. The molecule has 8 heteroatoms. The van der Waals surface area contributed by atoms with Crippen LogP contribution in [0.25, 0.3) is 11.2 Å². The summed E-state index contributed by atoms with van der Waals surface area (Å²) in [6.07, 6.45) is 2.26. The van der Waals surface area contributed by atoms with Crippen LogP contribution in [0.4, 0.5) is 5.95 Å². The highest BCUT2D eigenvalue weighted by atomic mass is 16.3. The molecular weight excluding hydrogens is 250 g/mol. The predicted molar refractivity (Wildman–Crippen MR) is 67.4 cm³/mol. The van der Waals surface area contributed by atoms with E-state index in [0.717, 1.165) is 6.42 Å². The van der Waals surface area contributed by atoms with Crippen molar-refractivity contribution in [3.05, 3.63) is 16.7 Å². The molecule has 0 spiro atoms. The van der Waals surface area contributed by atoms with Crippen LogP contribution in [-0.2, 0) is 0 Å². The number of anilines is 1. The molecule has 0 aromatic carbocycles. The number of aromatic amines is 1. The molecule has 1 aliphatic rings. The Morgan fingerprint density at radius 2 is 2.26 bits per heavy atom. The van der Waals surface area contributed by atoms with Crippen LogP contribution in [0.3, 0.4) is 0 Å². The lowest BCUT2D eigenvalue weighted by Gasteiger charge is -2.43. The van der Waals surface area contributed by atoms with Crippen molar-refractivity contribution in [2.45, 2.75) is 12.5 Å². The molecule has 2 heterocycles. The Labute approximate surface area is 107 Å². The fourth-order valence-electron chi connectivity index (χ4n) is 2.76. The van der Waals surface area contributed by atoms with E-state index >= 15 is 0 Å². The summed E-state index contributed by atoms with van der Waals surface area (Å²) in [5, 5.41) is 18.6. The molecule has 1 saturated carbocycles. The number of aliphatic hydroxyl groups is 2. The highest BCUT2D eigenvalue weighted by Gasteiger charge is 2.41. The summed E-state index contributed by atoms with van der Waals surface area (Å²) >= 11 is 0. The Balaban J connectivity index is 2.05. The van der Waals surface area contributed by atoms with Gasteiger partial charge in [-0.25, -0.2) is 4.98 Å². The number of nitrogens with two attached hydrogens (primary N) is 1. The number of nitrogens with one attached hydrogen (secondary N) is 1. The molecule has 0 saturated heterocycles. The number of rotatable bonds is 3. The van der Waals surface area contributed by atoms with E-state index in [1.54, 1.807) is 4.57 Å². The molecule has 1 fully saturated rings. The predicted octanol–water partition coefficient (Wildman–Crippen LogP) is -1.14. The molecule has 0 aliphatic heterocycles. The zero-order valence-corrected chi connectivity index (χ0v) is 10.2. The largest absolute Gasteiger partial charge is 0.396 e. The van der Waals surface area contributed by atoms with Crippen LogP contribution in [0.5, 0.6) is 0 Å². The van der Waals surface area contributed by atoms with E-state index in [-0.39, 0.29) is 48.1 Å². The molecule has 0 bridgehead atoms. The first-order valence-electron chi connectivity index (χ1n) is 6.09. The summed E-state index contributed by atoms with van der Waals surface area (Å²) in [7, 11) is 0. The second-order valence-electron chi connectivity index (χ2n) is 4.87. The number of hydrogen-bond acceptors (Lipinski definition) is 6. The van der Waals surface area contributed by atoms with Crippen LogP contribution in [0.15, 0.2) is 11.1 Å². The number of imidazole rings is 1. The average molecular weight is 265 g/mol. The van der Waals surface area contributed by atoms with Gasteiger partial charge in [0.15, 0.2) is 11.2 Å². The molecule has 19 heavy (non-hydrogen) atoms. The van der Waals surface area contributed by atoms with E-state index in [2.05, 4.69) is 15.0 Å². The topological polar surface area (TPSA) is 130 Å². The number of fused-ring (bicyclic) bond motifs is 1. The van der Waals surface area contributed by atoms with Gasteiger partial charge in [0.2, 0.25) is 5.95 Å². The fourth-order valence-corrected chi connectivity index (χ4v) is 2.76. The maximum atomic E-state index is 11.7. The van der Waals surface area contributed by atoms with Gasteiger partial charge in [-0.15, -0.1) is 0 Å². The molecule has 2 aromatic heterocycles. The quantitative estimate of drug-likeness (QED) is 0.555. The third-order valence-corrected chi connectivity index (χ3v) is 3.90. The normalized spacial score (nSPS) is 26.5. The van der Waals surface area contributed by atoms with E-state index < -0.39 is 0 Å². The summed E-state index contributed by atoms with van der Waals surface area (Å²) in [5.41, 5.74) is 5.81. The first-order chi connectivity index (χ1) is 9.15. The van der Waals surface area contributed by atoms with Crippen LogP contribution in [0.2, 0.25) is 0 Å². The Hall–Kier alpha value is -1.93. The lowest BCUT2D eigenvalue weighted by molar-refractivity contribution is -0.00528. The van der Waals surface area contributed by atoms with Crippen molar-refractivity contribution in [2.75, 3.05) is 18.9 Å². The monoisotopic (exact) mass is 265 g/mol. The second-order valence-corrected chi connectivity index (χ2v) is 4.87. The van der Waals surface area contributed by atoms with Gasteiger partial charge in [0.25, 0.3) is 5.56 Å². The van der Waals surface area contributed by atoms with Crippen LogP contribution < -0.4 is 11.3 Å². The molecule has 5 N–H and O–H groups in total. The van der Waals surface area contributed by atoms with Crippen molar-refractivity contribution in [1.29, 1.82) is 0 Å². The van der Waals surface area contributed by atoms with Crippen LogP contribution >= 0.6 is 0 Å². The summed E-state index contributed by atoms with van der Waals surface area (Å²) in [6.45, 7) is 0.0265. The average Bonchev–Trinajstić information content (AvgIpc) is 2.73. The Kier molecular flexibility index (Phi) is 2.76. The smallest absolute Gasteiger partial charge is 0.280 e. The summed E-state index contributed by atoms with van der Waals surface area (Å²) < 4.78 is 1.76. The zero-order valence-electron chi connectivity index (χ0n) is 10.2. The van der Waals surface area contributed by atoms with E-state index in [1.807, 2.05) is 0 Å². The summed E-state index contributed by atoms with van der Waals surface area (Å²) in [6, 6.07) is -0.0131. The molecule has 0 radical (unpaired) electrons. The first kappa shape index (κ1) is 12.1. The number of nitrogens with zero attached hydrogens (tertiary/aromatic N) is 3. The Morgan fingerprint density at radius 3 is 2.95 bits per heavy atom. The molecule has 2 aromatic rings. The first-order valence-corrected chi connectivity index (χ1v) is 6.09. The third-order valence-electron chi connectivity index (χ3n) is 3.90. The highest BCUT2D eigenvalue weighted by molar-refractivity contribution is 5.70. The molecule has 1 aliphatic carbocycles. The SMILES string of the molecule is Nc1nc2c(ncn2[C@@H]2CC(CO)[C@@H]2CO)c(=O)[nH]1. The van der Waals surface area contributed by atoms with E-state index in [9.17, 15) is 15.0 Å². The number of H-pyrrole nitrogens is 1. The molecule has 3 atom stereocenters. The number of aliphatic hydroxyl groups excluding tert-OH is 2. The van der Waals surface area contributed by atoms with Gasteiger partial charge in [0.05, 0.1) is 6.33 Å². The maximum absolute atomic E-state index is 11.7. The van der Waals surface area contributed by atoms with Gasteiger partial charge in [-0.3, -0.25) is 9.78 Å². The highest BCUT2D eigenvalue weighted by Crippen LogP contribution is 2.44. The van der Waals surface area contributed by atoms with Crippen LogP contribution in [0.1, 0.15) is 12.5 Å². The minimum Gasteiger partial charge on any atom is -0.396 e. The standard InChI is InChI=1S/C11H15N5O3/c12-11-14-9-8(10(19)15-11)13-4-16(9)7-1-5(2-17)6(7)3-18/h4-7,17-18H,1-3H2,(H3,12,14,15,19)/t5?,6-,7+/m0/s1. The Morgan fingerprint density at radius 1 is 1.47 bits per heavy atom. The van der Waals surface area contributed by atoms with Gasteiger partial charge in [-0.2, -0.15) is 4.98 Å². The van der Waals surface area contributed by atoms with Gasteiger partial charge in [-0.1, -0.05) is 0 Å². The summed E-state index contributed by atoms with van der Waals surface area (Å²) in [5.74, 6) is 0.0642. The lowest BCUT2D eigenvalue weighted by atomic mass is 9.70. The van der Waals surface area contributed by atoms with E-state index in [0.29, 0.717) is 5.65 Å². The molecule has 102 valence electrons. The van der Waals surface area contributed by atoms with Crippen molar-refractivity contribution in [1.82, 2.24) is 19.5 Å². The van der Waals surface area contributed by atoms with Crippen molar-refractivity contribution in [2.24, 2.45) is 11.8 Å². The molecular formula is C11H15N5O3. The molecule has 0 amide bonds. The van der Waals surface area contributed by atoms with Gasteiger partial charge in [0, 0.05) is 25.2 Å². The zero-order chi connectivity index (χ0) is 13.6. The van der Waals surface area contributed by atoms with Gasteiger partial charge >= 0.3 is 0 Å². The summed E-state index contributed by atoms with van der Waals surface area (Å²) in [4.78, 5) is 22.2. The lowest BCUT2D eigenvalue weighted by Crippen LogP contribution is -2.42. The van der Waals surface area contributed by atoms with Gasteiger partial charge in [-0.05, 0) is 12.3 Å². The van der Waals surface area contributed by atoms with E-state index in [4.69, 9.17) is 5.73 Å².